The van der Waals surface area contributed by atoms with Crippen molar-refractivity contribution in [3.63, 3.8) is 0 Å². The van der Waals surface area contributed by atoms with Crippen molar-refractivity contribution in [1.29, 1.82) is 0 Å². The fraction of sp³-hybridized carbons (Fsp3) is 0.929. The Morgan fingerprint density at radius 3 is 2.22 bits per heavy atom. The van der Waals surface area contributed by atoms with Gasteiger partial charge in [0.1, 0.15) is 0 Å². The molecule has 0 aromatic heterocycles. The summed E-state index contributed by atoms with van der Waals surface area (Å²) < 4.78 is 5.63. The topological polar surface area (TPSA) is 46.5 Å². The van der Waals surface area contributed by atoms with Crippen molar-refractivity contribution < 1.29 is 14.6 Å². The number of aliphatic hydroxyl groups is 1. The van der Waals surface area contributed by atoms with Crippen molar-refractivity contribution in [2.24, 2.45) is 0 Å². The van der Waals surface area contributed by atoms with Gasteiger partial charge in [-0.1, -0.05) is 74.5 Å². The van der Waals surface area contributed by atoms with E-state index in [0.717, 1.165) is 12.8 Å². The van der Waals surface area contributed by atoms with Gasteiger partial charge in [0.25, 0.3) is 0 Å². The molecule has 0 fully saturated rings. The number of alkyl halides is 1. The summed E-state index contributed by atoms with van der Waals surface area (Å²) in [6.07, 6.45) is 9.48. The molecule has 0 saturated carbocycles. The summed E-state index contributed by atoms with van der Waals surface area (Å²) in [5, 5.41) is 9.26. The van der Waals surface area contributed by atoms with Gasteiger partial charge in [-0.25, -0.2) is 0 Å². The quantitative estimate of drug-likeness (QED) is 0.246. The first-order valence-corrected chi connectivity index (χ1v) is 8.63. The lowest BCUT2D eigenvalue weighted by Crippen LogP contribution is -2.17. The third-order valence-corrected chi connectivity index (χ3v) is 3.86. The van der Waals surface area contributed by atoms with Crippen molar-refractivity contribution in [1.82, 2.24) is 0 Å². The Bertz CT molecular complexity index is 197. The van der Waals surface area contributed by atoms with Crippen LogP contribution in [0, 0.1) is 0 Å². The molecule has 0 aromatic carbocycles. The van der Waals surface area contributed by atoms with Crippen LogP contribution in [0.4, 0.5) is 0 Å². The van der Waals surface area contributed by atoms with Crippen molar-refractivity contribution in [2.75, 3.05) is 11.0 Å². The molecule has 1 N–H and O–H groups in total. The summed E-state index contributed by atoms with van der Waals surface area (Å²) >= 11 is 2.06. The van der Waals surface area contributed by atoms with Crippen molar-refractivity contribution >= 4 is 28.6 Å². The molecule has 0 heterocycles. The highest BCUT2D eigenvalue weighted by Gasteiger charge is 2.09. The molecule has 0 rings (SSSR count). The second-order valence-electron chi connectivity index (χ2n) is 4.71. The highest BCUT2D eigenvalue weighted by Crippen LogP contribution is 2.08. The van der Waals surface area contributed by atoms with E-state index >= 15 is 0 Å². The van der Waals surface area contributed by atoms with Crippen LogP contribution in [0.1, 0.15) is 64.7 Å². The number of esters is 1. The van der Waals surface area contributed by atoms with E-state index in [1.807, 2.05) is 0 Å². The molecule has 108 valence electrons. The Kier molecular flexibility index (Phi) is 13.7. The van der Waals surface area contributed by atoms with Crippen LogP contribution in [-0.4, -0.2) is 28.2 Å². The van der Waals surface area contributed by atoms with Crippen molar-refractivity contribution in [2.45, 2.75) is 70.8 Å². The maximum absolute atomic E-state index is 11.2. The lowest BCUT2D eigenvalue weighted by Gasteiger charge is -2.07. The highest BCUT2D eigenvalue weighted by atomic mass is 127. The molecule has 0 radical (unpaired) electrons. The number of carbonyl (C=O) groups is 1. The summed E-state index contributed by atoms with van der Waals surface area (Å²) in [5.74, 6) is -0.276. The van der Waals surface area contributed by atoms with E-state index < -0.39 is 6.10 Å². The average Bonchev–Trinajstić information content (AvgIpc) is 2.36. The first-order valence-electron chi connectivity index (χ1n) is 7.10. The fourth-order valence-electron chi connectivity index (χ4n) is 1.73. The van der Waals surface area contributed by atoms with Gasteiger partial charge in [-0.3, -0.25) is 4.79 Å². The minimum Gasteiger partial charge on any atom is -0.466 e. The average molecular weight is 370 g/mol. The van der Waals surface area contributed by atoms with E-state index in [4.69, 9.17) is 4.74 Å². The second-order valence-corrected chi connectivity index (χ2v) is 5.59. The van der Waals surface area contributed by atoms with Gasteiger partial charge in [-0.2, -0.15) is 0 Å². The van der Waals surface area contributed by atoms with E-state index in [9.17, 15) is 9.90 Å². The van der Waals surface area contributed by atoms with Gasteiger partial charge in [0.05, 0.1) is 19.1 Å². The maximum atomic E-state index is 11.2. The van der Waals surface area contributed by atoms with Gasteiger partial charge in [0.2, 0.25) is 0 Å². The summed E-state index contributed by atoms with van der Waals surface area (Å²) in [7, 11) is 0. The van der Waals surface area contributed by atoms with E-state index in [-0.39, 0.29) is 12.4 Å². The first-order chi connectivity index (χ1) is 8.70. The van der Waals surface area contributed by atoms with Crippen LogP contribution in [0.2, 0.25) is 0 Å². The highest BCUT2D eigenvalue weighted by molar-refractivity contribution is 14.1. The van der Waals surface area contributed by atoms with Gasteiger partial charge < -0.3 is 9.84 Å². The lowest BCUT2D eigenvalue weighted by molar-refractivity contribution is -0.145. The van der Waals surface area contributed by atoms with E-state index in [1.54, 1.807) is 0 Å². The molecule has 0 amide bonds. The minimum atomic E-state index is -0.559. The normalized spacial score (nSPS) is 12.4. The van der Waals surface area contributed by atoms with Crippen LogP contribution >= 0.6 is 22.6 Å². The third-order valence-electron chi connectivity index (χ3n) is 2.84. The number of aliphatic hydroxyl groups excluding tert-OH is 1. The molecule has 0 spiro atoms. The fourth-order valence-corrected chi connectivity index (χ4v) is 2.04. The number of halogens is 1. The number of hydrogen-bond acceptors (Lipinski definition) is 3. The predicted molar refractivity (Wildman–Crippen MR) is 83.1 cm³/mol. The zero-order valence-electron chi connectivity index (χ0n) is 11.5. The van der Waals surface area contributed by atoms with Gasteiger partial charge in [0, 0.05) is 4.43 Å². The molecule has 1 atom stereocenters. The van der Waals surface area contributed by atoms with E-state index in [2.05, 4.69) is 29.5 Å². The van der Waals surface area contributed by atoms with E-state index in [1.165, 1.54) is 38.5 Å². The molecule has 3 nitrogen and oxygen atoms in total. The van der Waals surface area contributed by atoms with Gasteiger partial charge in [-0.15, -0.1) is 0 Å². The van der Waals surface area contributed by atoms with Crippen molar-refractivity contribution in [3.05, 3.63) is 0 Å². The predicted octanol–water partition coefficient (Wildman–Crippen LogP) is 3.86. The second kappa shape index (κ2) is 13.6. The number of unbranched alkanes of at least 4 members (excludes halogenated alkanes) is 7. The Labute approximate surface area is 125 Å². The molecule has 0 bridgehead atoms. The minimum absolute atomic E-state index is 0.125. The van der Waals surface area contributed by atoms with Crippen LogP contribution in [0.15, 0.2) is 0 Å². The van der Waals surface area contributed by atoms with Crippen LogP contribution in [0.25, 0.3) is 0 Å². The molecular formula is C14H27IO3. The molecule has 0 aliphatic rings. The van der Waals surface area contributed by atoms with Crippen LogP contribution in [-0.2, 0) is 9.53 Å². The maximum Gasteiger partial charge on any atom is 0.308 e. The lowest BCUT2D eigenvalue weighted by atomic mass is 10.1. The molecule has 18 heavy (non-hydrogen) atoms. The Morgan fingerprint density at radius 2 is 1.67 bits per heavy atom. The van der Waals surface area contributed by atoms with Crippen LogP contribution in [0.3, 0.4) is 0 Å². The largest absolute Gasteiger partial charge is 0.466 e. The zero-order chi connectivity index (χ0) is 13.6. The van der Waals surface area contributed by atoms with Gasteiger partial charge in [-0.05, 0) is 6.42 Å². The summed E-state index contributed by atoms with van der Waals surface area (Å²) in [4.78, 5) is 11.2. The smallest absolute Gasteiger partial charge is 0.308 e. The number of hydrogen-bond donors (Lipinski definition) is 1. The molecular weight excluding hydrogens is 343 g/mol. The first kappa shape index (κ1) is 18.2. The number of rotatable bonds is 12. The number of carbonyl (C=O) groups excluding carboxylic acids is 1. The number of ether oxygens (including phenoxy) is 1. The third kappa shape index (κ3) is 12.6. The Morgan fingerprint density at radius 1 is 1.11 bits per heavy atom. The molecule has 0 aliphatic heterocycles. The Hall–Kier alpha value is 0.160. The molecule has 4 heteroatoms. The zero-order valence-corrected chi connectivity index (χ0v) is 13.7. The molecule has 0 saturated heterocycles. The van der Waals surface area contributed by atoms with Gasteiger partial charge in [0.15, 0.2) is 0 Å². The SMILES string of the molecule is CCCCCCCCCCOC(=O)C[C@@H](O)CI. The van der Waals surface area contributed by atoms with Gasteiger partial charge >= 0.3 is 5.97 Å². The summed E-state index contributed by atoms with van der Waals surface area (Å²) in [6.45, 7) is 2.73. The summed E-state index contributed by atoms with van der Waals surface area (Å²) in [5.41, 5.74) is 0. The Balaban J connectivity index is 3.17. The summed E-state index contributed by atoms with van der Waals surface area (Å²) in [6, 6.07) is 0. The van der Waals surface area contributed by atoms with Crippen molar-refractivity contribution in [3.8, 4) is 0 Å². The van der Waals surface area contributed by atoms with Crippen LogP contribution in [0.5, 0.6) is 0 Å². The molecule has 0 unspecified atom stereocenters. The monoisotopic (exact) mass is 370 g/mol. The van der Waals surface area contributed by atoms with Crippen LogP contribution < -0.4 is 0 Å². The molecule has 0 aromatic rings. The molecule has 0 aliphatic carbocycles. The van der Waals surface area contributed by atoms with E-state index in [0.29, 0.717) is 11.0 Å². The standard InChI is InChI=1S/C14H27IO3/c1-2-3-4-5-6-7-8-9-10-18-14(17)11-13(16)12-15/h13,16H,2-12H2,1H3/t13-/m1/s1.